The molecular formula is C26H21IN2O6. The van der Waals surface area contributed by atoms with Gasteiger partial charge in [-0.1, -0.05) is 6.07 Å². The maximum atomic E-state index is 13.7. The van der Waals surface area contributed by atoms with Gasteiger partial charge in [-0.3, -0.25) is 14.4 Å². The molecule has 0 aromatic heterocycles. The summed E-state index contributed by atoms with van der Waals surface area (Å²) in [5.74, 6) is 0.674. The van der Waals surface area contributed by atoms with Gasteiger partial charge in [0.05, 0.1) is 19.2 Å². The van der Waals surface area contributed by atoms with Gasteiger partial charge >= 0.3 is 0 Å². The van der Waals surface area contributed by atoms with E-state index in [0.29, 0.717) is 28.5 Å². The second-order valence-corrected chi connectivity index (χ2v) is 9.36. The molecule has 1 saturated heterocycles. The predicted octanol–water partition coefficient (Wildman–Crippen LogP) is 4.00. The fraction of sp³-hybridized carbons (Fsp3) is 0.192. The third-order valence-electron chi connectivity index (χ3n) is 5.97. The number of fused-ring (bicyclic) bond motifs is 1. The highest BCUT2D eigenvalue weighted by Crippen LogP contribution is 2.34. The van der Waals surface area contributed by atoms with E-state index in [4.69, 9.17) is 14.2 Å². The Morgan fingerprint density at radius 1 is 1.03 bits per heavy atom. The molecule has 9 heteroatoms. The quantitative estimate of drug-likeness (QED) is 0.322. The van der Waals surface area contributed by atoms with Crippen molar-refractivity contribution >= 4 is 46.0 Å². The molecule has 2 aliphatic heterocycles. The number of hydrogen-bond acceptors (Lipinski definition) is 6. The van der Waals surface area contributed by atoms with Gasteiger partial charge in [0.1, 0.15) is 11.8 Å². The molecule has 3 aromatic carbocycles. The second kappa shape index (κ2) is 9.57. The summed E-state index contributed by atoms with van der Waals surface area (Å²) < 4.78 is 17.0. The summed E-state index contributed by atoms with van der Waals surface area (Å²) in [5.41, 5.74) is 1.63. The number of ether oxygens (including phenoxy) is 3. The van der Waals surface area contributed by atoms with E-state index in [1.165, 1.54) is 4.90 Å². The number of nitrogens with zero attached hydrogens (tertiary/aromatic N) is 2. The van der Waals surface area contributed by atoms with E-state index < -0.39 is 11.9 Å². The molecule has 0 aliphatic carbocycles. The fourth-order valence-corrected chi connectivity index (χ4v) is 4.54. The molecule has 35 heavy (non-hydrogen) atoms. The molecule has 1 atom stereocenters. The molecule has 0 N–H and O–H groups in total. The Kier molecular flexibility index (Phi) is 6.33. The molecule has 8 nitrogen and oxygen atoms in total. The summed E-state index contributed by atoms with van der Waals surface area (Å²) in [5, 5.41) is 0. The highest BCUT2D eigenvalue weighted by Gasteiger charge is 2.44. The van der Waals surface area contributed by atoms with Crippen molar-refractivity contribution in [1.82, 2.24) is 4.90 Å². The number of amides is 3. The molecule has 1 fully saturated rings. The zero-order valence-electron chi connectivity index (χ0n) is 18.8. The van der Waals surface area contributed by atoms with E-state index in [2.05, 4.69) is 22.6 Å². The minimum Gasteiger partial charge on any atom is -0.497 e. The second-order valence-electron chi connectivity index (χ2n) is 8.11. The van der Waals surface area contributed by atoms with Gasteiger partial charge in [0.15, 0.2) is 11.5 Å². The molecule has 0 spiro atoms. The number of benzene rings is 3. The van der Waals surface area contributed by atoms with Gasteiger partial charge in [-0.2, -0.15) is 0 Å². The van der Waals surface area contributed by atoms with Gasteiger partial charge in [0.25, 0.3) is 11.8 Å². The van der Waals surface area contributed by atoms with Crippen molar-refractivity contribution in [2.45, 2.75) is 19.0 Å². The smallest absolute Gasteiger partial charge is 0.257 e. The van der Waals surface area contributed by atoms with Crippen LogP contribution in [0.1, 0.15) is 22.3 Å². The molecule has 5 rings (SSSR count). The van der Waals surface area contributed by atoms with E-state index in [-0.39, 0.29) is 31.6 Å². The summed E-state index contributed by atoms with van der Waals surface area (Å²) in [7, 11) is 1.55. The minimum absolute atomic E-state index is 0.0999. The normalized spacial score (nSPS) is 16.5. The first-order valence-corrected chi connectivity index (χ1v) is 12.0. The predicted molar refractivity (Wildman–Crippen MR) is 135 cm³/mol. The molecule has 1 unspecified atom stereocenters. The number of carbonyl (C=O) groups excluding carboxylic acids is 3. The SMILES string of the molecule is COc1ccc(C(=O)N(Cc2ccc3c(c2)OCO3)C2CC(=O)N(c3ccc(I)cc3)C2=O)cc1. The number of rotatable bonds is 6. The lowest BCUT2D eigenvalue weighted by molar-refractivity contribution is -0.122. The standard InChI is InChI=1S/C26H21IN2O6/c1-33-20-9-3-17(4-10-20)25(31)28(14-16-2-11-22-23(12-16)35-15-34-22)21-13-24(30)29(26(21)32)19-7-5-18(27)6-8-19/h2-12,21H,13-15H2,1H3. The van der Waals surface area contributed by atoms with Crippen LogP contribution in [-0.2, 0) is 16.1 Å². The van der Waals surface area contributed by atoms with Gasteiger partial charge in [-0.05, 0) is 88.8 Å². The molecule has 3 aromatic rings. The zero-order chi connectivity index (χ0) is 24.5. The molecular weight excluding hydrogens is 563 g/mol. The lowest BCUT2D eigenvalue weighted by Crippen LogP contribution is -2.45. The van der Waals surface area contributed by atoms with Crippen molar-refractivity contribution in [2.75, 3.05) is 18.8 Å². The third-order valence-corrected chi connectivity index (χ3v) is 6.69. The van der Waals surface area contributed by atoms with Crippen molar-refractivity contribution in [3.63, 3.8) is 0 Å². The van der Waals surface area contributed by atoms with Crippen LogP contribution >= 0.6 is 22.6 Å². The Bertz CT molecular complexity index is 1290. The highest BCUT2D eigenvalue weighted by atomic mass is 127. The van der Waals surface area contributed by atoms with E-state index in [0.717, 1.165) is 14.0 Å². The maximum absolute atomic E-state index is 13.7. The van der Waals surface area contributed by atoms with Crippen molar-refractivity contribution in [2.24, 2.45) is 0 Å². The number of imide groups is 1. The van der Waals surface area contributed by atoms with Crippen LogP contribution in [0.5, 0.6) is 17.2 Å². The van der Waals surface area contributed by atoms with Crippen LogP contribution in [0, 0.1) is 3.57 Å². The number of anilines is 1. The largest absolute Gasteiger partial charge is 0.497 e. The first-order chi connectivity index (χ1) is 16.9. The Morgan fingerprint density at radius 3 is 2.46 bits per heavy atom. The van der Waals surface area contributed by atoms with Crippen molar-refractivity contribution in [3.8, 4) is 17.2 Å². The van der Waals surface area contributed by atoms with Crippen LogP contribution in [0.15, 0.2) is 66.7 Å². The fourth-order valence-electron chi connectivity index (χ4n) is 4.18. The van der Waals surface area contributed by atoms with Crippen LogP contribution in [0.4, 0.5) is 5.69 Å². The van der Waals surface area contributed by atoms with Gasteiger partial charge in [0, 0.05) is 15.7 Å². The molecule has 0 saturated carbocycles. The summed E-state index contributed by atoms with van der Waals surface area (Å²) >= 11 is 2.16. The van der Waals surface area contributed by atoms with Crippen molar-refractivity contribution in [1.29, 1.82) is 0 Å². The number of methoxy groups -OCH3 is 1. The number of halogens is 1. The average molecular weight is 584 g/mol. The summed E-state index contributed by atoms with van der Waals surface area (Å²) in [6, 6.07) is 18.2. The summed E-state index contributed by atoms with van der Waals surface area (Å²) in [4.78, 5) is 42.7. The van der Waals surface area contributed by atoms with Gasteiger partial charge < -0.3 is 19.1 Å². The number of carbonyl (C=O) groups is 3. The minimum atomic E-state index is -0.943. The van der Waals surface area contributed by atoms with E-state index >= 15 is 0 Å². The molecule has 2 aliphatic rings. The van der Waals surface area contributed by atoms with Crippen LogP contribution in [-0.4, -0.2) is 42.6 Å². The Morgan fingerprint density at radius 2 is 1.74 bits per heavy atom. The lowest BCUT2D eigenvalue weighted by Gasteiger charge is -2.28. The van der Waals surface area contributed by atoms with E-state index in [1.54, 1.807) is 55.6 Å². The summed E-state index contributed by atoms with van der Waals surface area (Å²) in [6.45, 7) is 0.250. The molecule has 178 valence electrons. The molecule has 2 heterocycles. The zero-order valence-corrected chi connectivity index (χ0v) is 20.9. The summed E-state index contributed by atoms with van der Waals surface area (Å²) in [6.07, 6.45) is -0.0999. The van der Waals surface area contributed by atoms with Gasteiger partial charge in [-0.15, -0.1) is 0 Å². The molecule has 0 bridgehead atoms. The lowest BCUT2D eigenvalue weighted by atomic mass is 10.1. The molecule has 3 amide bonds. The Balaban J connectivity index is 1.48. The Hall–Kier alpha value is -3.60. The highest BCUT2D eigenvalue weighted by molar-refractivity contribution is 14.1. The van der Waals surface area contributed by atoms with Crippen LogP contribution in [0.2, 0.25) is 0 Å². The maximum Gasteiger partial charge on any atom is 0.257 e. The van der Waals surface area contributed by atoms with Crippen LogP contribution in [0.25, 0.3) is 0 Å². The van der Waals surface area contributed by atoms with Crippen molar-refractivity contribution < 1.29 is 28.6 Å². The van der Waals surface area contributed by atoms with Crippen LogP contribution < -0.4 is 19.1 Å². The topological polar surface area (TPSA) is 85.4 Å². The monoisotopic (exact) mass is 584 g/mol. The van der Waals surface area contributed by atoms with Crippen molar-refractivity contribution in [3.05, 3.63) is 81.4 Å². The molecule has 0 radical (unpaired) electrons. The first kappa shape index (κ1) is 23.2. The van der Waals surface area contributed by atoms with Gasteiger partial charge in [-0.25, -0.2) is 4.90 Å². The Labute approximate surface area is 215 Å². The first-order valence-electron chi connectivity index (χ1n) is 10.9. The average Bonchev–Trinajstić information content (AvgIpc) is 3.46. The van der Waals surface area contributed by atoms with E-state index in [9.17, 15) is 14.4 Å². The van der Waals surface area contributed by atoms with Crippen LogP contribution in [0.3, 0.4) is 0 Å². The third kappa shape index (κ3) is 4.55. The van der Waals surface area contributed by atoms with E-state index in [1.807, 2.05) is 18.2 Å². The van der Waals surface area contributed by atoms with Gasteiger partial charge in [0.2, 0.25) is 12.7 Å². The number of hydrogen-bond donors (Lipinski definition) is 0.